The summed E-state index contributed by atoms with van der Waals surface area (Å²) in [7, 11) is 1.82. The van der Waals surface area contributed by atoms with Crippen LogP contribution in [0.5, 0.6) is 0 Å². The van der Waals surface area contributed by atoms with E-state index in [1.165, 1.54) is 5.56 Å². The summed E-state index contributed by atoms with van der Waals surface area (Å²) in [6.45, 7) is 5.02. The molecule has 0 bridgehead atoms. The standard InChI is InChI=1S/C13H18BrNO/c1-10(2)11-4-6-12(7-5-11)13(16)15(3)9-8-14/h4-7,10H,8-9H2,1-3H3. The van der Waals surface area contributed by atoms with Gasteiger partial charge >= 0.3 is 0 Å². The predicted molar refractivity (Wildman–Crippen MR) is 71.3 cm³/mol. The topological polar surface area (TPSA) is 20.3 Å². The van der Waals surface area contributed by atoms with Gasteiger partial charge in [-0.05, 0) is 23.6 Å². The number of rotatable bonds is 4. The van der Waals surface area contributed by atoms with Crippen molar-refractivity contribution in [3.05, 3.63) is 35.4 Å². The molecule has 88 valence electrons. The summed E-state index contributed by atoms with van der Waals surface area (Å²) in [6, 6.07) is 7.87. The highest BCUT2D eigenvalue weighted by Crippen LogP contribution is 2.15. The number of hydrogen-bond donors (Lipinski definition) is 0. The molecular weight excluding hydrogens is 266 g/mol. The number of halogens is 1. The van der Waals surface area contributed by atoms with Crippen molar-refractivity contribution in [3.63, 3.8) is 0 Å². The number of carbonyl (C=O) groups excluding carboxylic acids is 1. The minimum atomic E-state index is 0.0785. The quantitative estimate of drug-likeness (QED) is 0.777. The molecule has 0 spiro atoms. The summed E-state index contributed by atoms with van der Waals surface area (Å²) in [5.41, 5.74) is 2.02. The second-order valence-electron chi connectivity index (χ2n) is 4.19. The Bertz CT molecular complexity index is 345. The molecule has 16 heavy (non-hydrogen) atoms. The zero-order chi connectivity index (χ0) is 12.1. The lowest BCUT2D eigenvalue weighted by atomic mass is 10.0. The SMILES string of the molecule is CC(C)c1ccc(C(=O)N(C)CCBr)cc1. The third-order valence-electron chi connectivity index (χ3n) is 2.59. The van der Waals surface area contributed by atoms with Crippen molar-refractivity contribution in [2.45, 2.75) is 19.8 Å². The first-order valence-electron chi connectivity index (χ1n) is 5.47. The third-order valence-corrected chi connectivity index (χ3v) is 2.95. The highest BCUT2D eigenvalue weighted by molar-refractivity contribution is 9.09. The van der Waals surface area contributed by atoms with Crippen LogP contribution < -0.4 is 0 Å². The molecule has 1 rings (SSSR count). The van der Waals surface area contributed by atoms with Gasteiger partial charge in [-0.25, -0.2) is 0 Å². The Hall–Kier alpha value is -0.830. The maximum atomic E-state index is 11.9. The van der Waals surface area contributed by atoms with Crippen LogP contribution in [-0.2, 0) is 0 Å². The van der Waals surface area contributed by atoms with Gasteiger partial charge < -0.3 is 4.90 Å². The van der Waals surface area contributed by atoms with E-state index in [1.54, 1.807) is 4.90 Å². The largest absolute Gasteiger partial charge is 0.341 e. The monoisotopic (exact) mass is 283 g/mol. The van der Waals surface area contributed by atoms with Gasteiger partial charge in [0.05, 0.1) is 0 Å². The molecule has 1 aromatic carbocycles. The van der Waals surface area contributed by atoms with Crippen molar-refractivity contribution in [3.8, 4) is 0 Å². The zero-order valence-corrected chi connectivity index (χ0v) is 11.6. The number of hydrogen-bond acceptors (Lipinski definition) is 1. The number of benzene rings is 1. The van der Waals surface area contributed by atoms with Crippen LogP contribution in [0.15, 0.2) is 24.3 Å². The molecule has 0 saturated carbocycles. The van der Waals surface area contributed by atoms with Gasteiger partial charge in [-0.1, -0.05) is 41.9 Å². The average molecular weight is 284 g/mol. The Morgan fingerprint density at radius 2 is 1.88 bits per heavy atom. The van der Waals surface area contributed by atoms with Crippen molar-refractivity contribution >= 4 is 21.8 Å². The predicted octanol–water partition coefficient (Wildman–Crippen LogP) is 3.28. The van der Waals surface area contributed by atoms with E-state index in [1.807, 2.05) is 31.3 Å². The molecular formula is C13H18BrNO. The molecule has 0 fully saturated rings. The van der Waals surface area contributed by atoms with Crippen LogP contribution in [0.4, 0.5) is 0 Å². The maximum absolute atomic E-state index is 11.9. The molecule has 0 unspecified atom stereocenters. The molecule has 0 atom stereocenters. The number of amides is 1. The molecule has 0 saturated heterocycles. The first-order chi connectivity index (χ1) is 7.56. The van der Waals surface area contributed by atoms with Gasteiger partial charge in [0.1, 0.15) is 0 Å². The van der Waals surface area contributed by atoms with Crippen molar-refractivity contribution in [1.29, 1.82) is 0 Å². The van der Waals surface area contributed by atoms with Gasteiger partial charge in [0.15, 0.2) is 0 Å². The van der Waals surface area contributed by atoms with E-state index in [-0.39, 0.29) is 5.91 Å². The third kappa shape index (κ3) is 3.34. The van der Waals surface area contributed by atoms with Crippen LogP contribution in [0.25, 0.3) is 0 Å². The Morgan fingerprint density at radius 3 is 2.31 bits per heavy atom. The van der Waals surface area contributed by atoms with Gasteiger partial charge in [0, 0.05) is 24.5 Å². The average Bonchev–Trinajstić information content (AvgIpc) is 2.28. The maximum Gasteiger partial charge on any atom is 0.253 e. The zero-order valence-electron chi connectivity index (χ0n) is 10.0. The Labute approximate surface area is 106 Å². The van der Waals surface area contributed by atoms with E-state index in [9.17, 15) is 4.79 Å². The first kappa shape index (κ1) is 13.2. The molecule has 0 N–H and O–H groups in total. The minimum absolute atomic E-state index is 0.0785. The molecule has 3 heteroatoms. The van der Waals surface area contributed by atoms with Crippen LogP contribution in [0.3, 0.4) is 0 Å². The van der Waals surface area contributed by atoms with E-state index < -0.39 is 0 Å². The normalized spacial score (nSPS) is 10.6. The molecule has 1 aromatic rings. The molecule has 0 aliphatic carbocycles. The minimum Gasteiger partial charge on any atom is -0.341 e. The van der Waals surface area contributed by atoms with Crippen molar-refractivity contribution in [1.82, 2.24) is 4.90 Å². The number of nitrogens with zero attached hydrogens (tertiary/aromatic N) is 1. The summed E-state index contributed by atoms with van der Waals surface area (Å²) in [4.78, 5) is 13.6. The van der Waals surface area contributed by atoms with Crippen LogP contribution >= 0.6 is 15.9 Å². The Morgan fingerprint density at radius 1 is 1.31 bits per heavy atom. The fourth-order valence-electron chi connectivity index (χ4n) is 1.46. The van der Waals surface area contributed by atoms with Crippen LogP contribution in [0.1, 0.15) is 35.7 Å². The molecule has 1 amide bonds. The molecule has 0 aliphatic rings. The Kier molecular flexibility index (Phi) is 5.00. The van der Waals surface area contributed by atoms with Crippen molar-refractivity contribution in [2.24, 2.45) is 0 Å². The molecule has 2 nitrogen and oxygen atoms in total. The van der Waals surface area contributed by atoms with E-state index in [0.717, 1.165) is 17.4 Å². The highest BCUT2D eigenvalue weighted by atomic mass is 79.9. The smallest absolute Gasteiger partial charge is 0.253 e. The van der Waals surface area contributed by atoms with E-state index in [0.29, 0.717) is 5.92 Å². The molecule has 0 heterocycles. The molecule has 0 radical (unpaired) electrons. The van der Waals surface area contributed by atoms with E-state index >= 15 is 0 Å². The number of alkyl halides is 1. The summed E-state index contributed by atoms with van der Waals surface area (Å²) in [6.07, 6.45) is 0. The van der Waals surface area contributed by atoms with Crippen LogP contribution in [0.2, 0.25) is 0 Å². The second-order valence-corrected chi connectivity index (χ2v) is 4.99. The van der Waals surface area contributed by atoms with E-state index in [4.69, 9.17) is 0 Å². The van der Waals surface area contributed by atoms with Crippen LogP contribution in [0, 0.1) is 0 Å². The lowest BCUT2D eigenvalue weighted by molar-refractivity contribution is 0.0804. The molecule has 0 aromatic heterocycles. The summed E-state index contributed by atoms with van der Waals surface area (Å²) in [5, 5.41) is 0.805. The second kappa shape index (κ2) is 6.04. The summed E-state index contributed by atoms with van der Waals surface area (Å²) < 4.78 is 0. The van der Waals surface area contributed by atoms with Crippen molar-refractivity contribution in [2.75, 3.05) is 18.9 Å². The number of carbonyl (C=O) groups is 1. The van der Waals surface area contributed by atoms with Gasteiger partial charge in [-0.3, -0.25) is 4.79 Å². The summed E-state index contributed by atoms with van der Waals surface area (Å²) in [5.74, 6) is 0.583. The van der Waals surface area contributed by atoms with E-state index in [2.05, 4.69) is 29.8 Å². The van der Waals surface area contributed by atoms with Gasteiger partial charge in [-0.15, -0.1) is 0 Å². The molecule has 0 aliphatic heterocycles. The highest BCUT2D eigenvalue weighted by Gasteiger charge is 2.10. The fourth-order valence-corrected chi connectivity index (χ4v) is 1.99. The lowest BCUT2D eigenvalue weighted by Gasteiger charge is -2.16. The van der Waals surface area contributed by atoms with Crippen molar-refractivity contribution < 1.29 is 4.79 Å². The lowest BCUT2D eigenvalue weighted by Crippen LogP contribution is -2.28. The van der Waals surface area contributed by atoms with Gasteiger partial charge in [-0.2, -0.15) is 0 Å². The van der Waals surface area contributed by atoms with Gasteiger partial charge in [0.2, 0.25) is 0 Å². The van der Waals surface area contributed by atoms with Gasteiger partial charge in [0.25, 0.3) is 5.91 Å². The van der Waals surface area contributed by atoms with Crippen LogP contribution in [-0.4, -0.2) is 29.7 Å². The fraction of sp³-hybridized carbons (Fsp3) is 0.462. The summed E-state index contributed by atoms with van der Waals surface area (Å²) >= 11 is 3.33. The first-order valence-corrected chi connectivity index (χ1v) is 6.59. The Balaban J connectivity index is 2.77.